The third-order valence-corrected chi connectivity index (χ3v) is 23.3. The van der Waals surface area contributed by atoms with E-state index >= 15 is 0 Å². The molecular formula is C70H120N2O53. The molecule has 0 radical (unpaired) electrons. The van der Waals surface area contributed by atoms with Gasteiger partial charge in [0.25, 0.3) is 0 Å². The molecule has 0 aromatic carbocycles. The normalized spacial score (nSPS) is 50.0. The Kier molecular flexibility index (Phi) is 37.7. The minimum atomic E-state index is -2.65. The molecule has 10 heterocycles. The molecule has 728 valence electrons. The van der Waals surface area contributed by atoms with E-state index < -0.39 is 403 Å². The van der Waals surface area contributed by atoms with E-state index in [1.807, 2.05) is 0 Å². The van der Waals surface area contributed by atoms with Crippen LogP contribution in [0.4, 0.5) is 0 Å². The van der Waals surface area contributed by atoms with Gasteiger partial charge in [0.15, 0.2) is 62.9 Å². The van der Waals surface area contributed by atoms with Crippen LogP contribution in [0.15, 0.2) is 0 Å². The Bertz CT molecular complexity index is 3270. The first-order valence-corrected chi connectivity index (χ1v) is 40.2. The lowest BCUT2D eigenvalue weighted by molar-refractivity contribution is -0.408. The molecule has 2 amide bonds. The summed E-state index contributed by atoms with van der Waals surface area (Å²) in [5.74, 6) is -2.16. The fourth-order valence-electron chi connectivity index (χ4n) is 16.0. The molecule has 33 N–H and O–H groups in total. The number of rotatable bonds is 34. The van der Waals surface area contributed by atoms with Gasteiger partial charge < -0.3 is 264 Å². The van der Waals surface area contributed by atoms with E-state index in [2.05, 4.69) is 10.6 Å². The molecule has 0 aromatic rings. The maximum Gasteiger partial charge on any atom is 0.217 e. The first-order valence-electron chi connectivity index (χ1n) is 40.2. The summed E-state index contributed by atoms with van der Waals surface area (Å²) in [4.78, 5) is 27.5. The van der Waals surface area contributed by atoms with Gasteiger partial charge in [-0.3, -0.25) is 9.59 Å². The van der Waals surface area contributed by atoms with Crippen molar-refractivity contribution < 1.29 is 263 Å². The van der Waals surface area contributed by atoms with E-state index in [1.165, 1.54) is 20.8 Å². The van der Waals surface area contributed by atoms with Crippen molar-refractivity contribution in [3.63, 3.8) is 0 Å². The molecule has 10 fully saturated rings. The van der Waals surface area contributed by atoms with Crippen molar-refractivity contribution in [3.8, 4) is 0 Å². The molecule has 55 heteroatoms. The van der Waals surface area contributed by atoms with E-state index in [4.69, 9.17) is 94.7 Å². The molecule has 10 aliphatic rings. The van der Waals surface area contributed by atoms with Gasteiger partial charge in [0.1, 0.15) is 250 Å². The Morgan fingerprint density at radius 3 is 0.952 bits per heavy atom. The van der Waals surface area contributed by atoms with Crippen molar-refractivity contribution >= 4 is 11.8 Å². The number of ether oxygens (including phenoxy) is 20. The van der Waals surface area contributed by atoms with Gasteiger partial charge in [0.2, 0.25) is 11.8 Å². The summed E-state index contributed by atoms with van der Waals surface area (Å²) in [5, 5.41) is 349. The van der Waals surface area contributed by atoms with Crippen molar-refractivity contribution in [1.82, 2.24) is 10.6 Å². The third-order valence-electron chi connectivity index (χ3n) is 23.3. The minimum Gasteiger partial charge on any atom is -0.394 e. The Balaban J connectivity index is 1.03. The number of aliphatic hydroxyl groups is 31. The Labute approximate surface area is 708 Å². The van der Waals surface area contributed by atoms with Crippen LogP contribution in [0.3, 0.4) is 0 Å². The van der Waals surface area contributed by atoms with Crippen molar-refractivity contribution in [1.29, 1.82) is 0 Å². The van der Waals surface area contributed by atoms with Gasteiger partial charge in [-0.2, -0.15) is 0 Å². The molecule has 0 spiro atoms. The van der Waals surface area contributed by atoms with E-state index in [9.17, 15) is 168 Å². The van der Waals surface area contributed by atoms with E-state index in [0.717, 1.165) is 13.8 Å². The highest BCUT2D eigenvalue weighted by Crippen LogP contribution is 2.42. The summed E-state index contributed by atoms with van der Waals surface area (Å²) in [6.07, 6.45) is -112. The number of carbonyl (C=O) groups excluding carboxylic acids is 2. The zero-order valence-corrected chi connectivity index (χ0v) is 67.4. The number of nitrogens with one attached hydrogen (secondary N) is 2. The van der Waals surface area contributed by atoms with Crippen LogP contribution in [0.25, 0.3) is 0 Å². The summed E-state index contributed by atoms with van der Waals surface area (Å²) in [6, 6.07) is -4.28. The van der Waals surface area contributed by atoms with Gasteiger partial charge in [-0.15, -0.1) is 0 Å². The SMILES string of the molecule is CC(=O)N[C@H]1[C@H](O[C@H]2[C@@H](O)[C@@H](CO[C@@H]3O[C@H](CO)[C@@H](O[C@@H]4O[C@H](CO)[C@H](O)[C@H](O[C@H]5O[C@H](CO)[C@H](O)[C@H](O)[C@H]5O)[C@H]4O[C@@H]4O[C@@H](C)[C@@H](O)[C@@H](O)[C@@H]4O)[C@H](O[C@@H]4O[C@@H](C)[C@@H](O)[C@@H](O)[C@@H]4O)[C@H]3NC(C)=O)O[C@@H](O[C@@H]([C@H](O)[C@@H](O)CO)[C@H](O)CO)[C@@H]2O)O[C@H](CO)[C@@H](O[C@@H]2O[C@H](CO)[C@H](O)[C@H](O[C@H]3O[C@H](CO)[C@H](O)[C@H](O)[C@H]3O)[C@H]2O)[C@@H]1O[C@@H]1O[C@@H](C)[C@@H](O)[C@@H](O)[C@@H]1O. The standard InChI is InChI=1S/C70H120N2O53/c1-15-31(85)40(94)45(99)63(107-15)120-55-29(71-18(4)81)61(114-26(12-79)54(55)119-70-60(125-65-47(101)42(96)33(87)17(3)109-65)59(38(92)25(11-78)113-70)124-67-49(103)44(98)36(90)23(9-76)111-67)106-14-28-39(93)58(51(105)69(116-28)117-52(21(84)7-74)34(88)20(83)6-73)122-62-30(72-19(5)82)56(121-64-46(100)41(95)32(86)16(2)108-64)53(27(13-80)115-62)118-68-50(104)57(37(91)24(10-77)112-68)123-66-48(102)43(97)35(89)22(8-75)110-66/h15-17,20-70,73-80,83-105H,6-14H2,1-5H3,(H,71,81)(H,72,82)/t15-,16-,17-,20-,21+,22+,23+,24+,25+,26+,27+,28+,29+,30+,31+,32+,33+,34+,35-,36-,37-,38-,39-,40+,41+,42+,43-,44-,45-,46-,47-,48+,49+,50+,51+,52+,53+,54+,55+,56+,57-,58-,59-,60+,61+,62-,63-,64-,65-,66+,67+,68-,69-,70-/m0/s1. The number of amides is 2. The number of hydrogen-bond donors (Lipinski definition) is 33. The molecule has 0 aromatic heterocycles. The van der Waals surface area contributed by atoms with Crippen LogP contribution in [-0.2, 0) is 104 Å². The molecule has 54 atom stereocenters. The Morgan fingerprint density at radius 1 is 0.272 bits per heavy atom. The second-order valence-electron chi connectivity index (χ2n) is 32.0. The number of aliphatic hydroxyl groups excluding tert-OH is 31. The monoisotopic (exact) mass is 1840 g/mol. The highest BCUT2D eigenvalue weighted by molar-refractivity contribution is 5.73. The number of carbonyl (C=O) groups is 2. The molecule has 10 rings (SSSR count). The van der Waals surface area contributed by atoms with Gasteiger partial charge >= 0.3 is 0 Å². The van der Waals surface area contributed by atoms with Crippen molar-refractivity contribution in [2.45, 2.75) is 366 Å². The van der Waals surface area contributed by atoms with Crippen LogP contribution in [0.2, 0.25) is 0 Å². The quantitative estimate of drug-likeness (QED) is 0.0284. The summed E-state index contributed by atoms with van der Waals surface area (Å²) in [5.41, 5.74) is 0. The second-order valence-corrected chi connectivity index (χ2v) is 32.0. The lowest BCUT2D eigenvalue weighted by Gasteiger charge is -2.52. The largest absolute Gasteiger partial charge is 0.394 e. The molecule has 10 aliphatic heterocycles. The summed E-state index contributed by atoms with van der Waals surface area (Å²) >= 11 is 0. The Hall–Kier alpha value is -3.10. The van der Waals surface area contributed by atoms with Crippen LogP contribution in [0.1, 0.15) is 34.6 Å². The molecule has 0 saturated carbocycles. The Morgan fingerprint density at radius 2 is 0.552 bits per heavy atom. The fourth-order valence-corrected chi connectivity index (χ4v) is 16.0. The number of hydrogen-bond acceptors (Lipinski definition) is 53. The zero-order chi connectivity index (χ0) is 92.3. The predicted molar refractivity (Wildman–Crippen MR) is 383 cm³/mol. The van der Waals surface area contributed by atoms with Crippen LogP contribution in [0.5, 0.6) is 0 Å². The summed E-state index contributed by atoms with van der Waals surface area (Å²) < 4.78 is 121. The lowest BCUT2D eigenvalue weighted by Crippen LogP contribution is -2.71. The minimum absolute atomic E-state index is 0.867. The average molecular weight is 1840 g/mol. The van der Waals surface area contributed by atoms with E-state index in [0.29, 0.717) is 0 Å². The second kappa shape index (κ2) is 45.3. The highest BCUT2D eigenvalue weighted by atomic mass is 16.8. The first-order chi connectivity index (χ1) is 59.0. The third kappa shape index (κ3) is 22.8. The zero-order valence-electron chi connectivity index (χ0n) is 67.4. The predicted octanol–water partition coefficient (Wildman–Crippen LogP) is -22.0. The van der Waals surface area contributed by atoms with Crippen LogP contribution in [-0.4, -0.2) is 561 Å². The molecular weight excluding hydrogens is 1720 g/mol. The summed E-state index contributed by atoms with van der Waals surface area (Å²) in [6.45, 7) is -5.63. The van der Waals surface area contributed by atoms with Crippen molar-refractivity contribution in [2.24, 2.45) is 0 Å². The van der Waals surface area contributed by atoms with Crippen molar-refractivity contribution in [2.75, 3.05) is 59.5 Å². The first kappa shape index (κ1) is 104. The molecule has 0 unspecified atom stereocenters. The molecule has 10 saturated heterocycles. The molecule has 55 nitrogen and oxygen atoms in total. The highest BCUT2D eigenvalue weighted by Gasteiger charge is 2.63. The van der Waals surface area contributed by atoms with E-state index in [1.54, 1.807) is 0 Å². The van der Waals surface area contributed by atoms with Gasteiger partial charge in [-0.25, -0.2) is 0 Å². The molecule has 125 heavy (non-hydrogen) atoms. The van der Waals surface area contributed by atoms with Gasteiger partial charge in [-0.05, 0) is 20.8 Å². The maximum atomic E-state index is 13.8. The van der Waals surface area contributed by atoms with Gasteiger partial charge in [-0.1, -0.05) is 0 Å². The maximum absolute atomic E-state index is 13.8. The summed E-state index contributed by atoms with van der Waals surface area (Å²) in [7, 11) is 0. The lowest BCUT2D eigenvalue weighted by atomic mass is 9.93. The van der Waals surface area contributed by atoms with Crippen LogP contribution < -0.4 is 10.6 Å². The smallest absolute Gasteiger partial charge is 0.217 e. The van der Waals surface area contributed by atoms with Crippen LogP contribution >= 0.6 is 0 Å². The van der Waals surface area contributed by atoms with Gasteiger partial charge in [0, 0.05) is 13.8 Å². The molecule has 0 aliphatic carbocycles. The average Bonchev–Trinajstić information content (AvgIpc) is 0.756. The topological polar surface area (TPSA) is 870 Å². The van der Waals surface area contributed by atoms with Crippen LogP contribution in [0, 0.1) is 0 Å². The van der Waals surface area contributed by atoms with Gasteiger partial charge in [0.05, 0.1) is 77.8 Å². The fraction of sp³-hybridized carbons (Fsp3) is 0.971. The van der Waals surface area contributed by atoms with Crippen molar-refractivity contribution in [3.05, 3.63) is 0 Å². The molecule has 0 bridgehead atoms. The van der Waals surface area contributed by atoms with E-state index in [-0.39, 0.29) is 0 Å².